The molecule has 0 aliphatic heterocycles. The van der Waals surface area contributed by atoms with Crippen LogP contribution in [0.25, 0.3) is 10.9 Å². The smallest absolute Gasteiger partial charge is 0.277 e. The Morgan fingerprint density at radius 3 is 2.53 bits per heavy atom. The number of carbonyl (C=O) groups excluding carboxylic acids is 1. The largest absolute Gasteiger partial charge is 0.487 e. The van der Waals surface area contributed by atoms with E-state index in [0.29, 0.717) is 28.6 Å². The van der Waals surface area contributed by atoms with E-state index in [4.69, 9.17) is 21.1 Å². The summed E-state index contributed by atoms with van der Waals surface area (Å²) >= 11 is 13.0. The first-order valence-electron chi connectivity index (χ1n) is 10.1. The van der Waals surface area contributed by atoms with Gasteiger partial charge in [-0.3, -0.25) is 9.78 Å². The Hall–Kier alpha value is -2.94. The number of para-hydroxylation sites is 1. The molecule has 0 saturated heterocycles. The molecule has 0 atom stereocenters. The van der Waals surface area contributed by atoms with E-state index in [-0.39, 0.29) is 12.5 Å². The number of carbonyl (C=O) groups is 1. The first kappa shape index (κ1) is 24.2. The number of benzene rings is 3. The molecular weight excluding hydrogens is 586 g/mol. The molecule has 0 unspecified atom stereocenters. The van der Waals surface area contributed by atoms with Crippen LogP contribution < -0.4 is 14.9 Å². The van der Waals surface area contributed by atoms with Crippen molar-refractivity contribution in [3.63, 3.8) is 0 Å². The molecule has 4 aromatic rings. The van der Waals surface area contributed by atoms with E-state index in [2.05, 4.69) is 47.4 Å². The highest BCUT2D eigenvalue weighted by molar-refractivity contribution is 9.11. The number of hydrazone groups is 1. The van der Waals surface area contributed by atoms with Crippen molar-refractivity contribution in [1.29, 1.82) is 0 Å². The van der Waals surface area contributed by atoms with Crippen molar-refractivity contribution in [3.8, 4) is 11.5 Å². The molecule has 34 heavy (non-hydrogen) atoms. The van der Waals surface area contributed by atoms with Crippen molar-refractivity contribution in [2.24, 2.45) is 5.10 Å². The molecule has 9 heteroatoms. The van der Waals surface area contributed by atoms with Crippen LogP contribution in [0.1, 0.15) is 11.1 Å². The minimum atomic E-state index is -0.384. The van der Waals surface area contributed by atoms with Gasteiger partial charge >= 0.3 is 0 Å². The van der Waals surface area contributed by atoms with Crippen LogP contribution in [-0.4, -0.2) is 23.7 Å². The molecule has 1 N–H and O–H groups in total. The summed E-state index contributed by atoms with van der Waals surface area (Å²) in [6, 6.07) is 20.5. The molecule has 0 spiro atoms. The maximum absolute atomic E-state index is 12.2. The van der Waals surface area contributed by atoms with Gasteiger partial charge in [-0.15, -0.1) is 0 Å². The van der Waals surface area contributed by atoms with E-state index in [9.17, 15) is 4.79 Å². The molecule has 0 saturated carbocycles. The zero-order valence-electron chi connectivity index (χ0n) is 17.7. The first-order chi connectivity index (χ1) is 16.5. The van der Waals surface area contributed by atoms with Crippen LogP contribution in [0, 0.1) is 0 Å². The third-order valence-electron chi connectivity index (χ3n) is 4.67. The molecule has 1 amide bonds. The van der Waals surface area contributed by atoms with Gasteiger partial charge in [-0.05, 0) is 79.4 Å². The Kier molecular flexibility index (Phi) is 8.16. The number of hydrogen-bond donors (Lipinski definition) is 1. The first-order valence-corrected chi connectivity index (χ1v) is 12.1. The van der Waals surface area contributed by atoms with Gasteiger partial charge in [0.05, 0.1) is 15.2 Å². The highest BCUT2D eigenvalue weighted by Crippen LogP contribution is 2.35. The van der Waals surface area contributed by atoms with Crippen LogP contribution in [0.5, 0.6) is 11.5 Å². The lowest BCUT2D eigenvalue weighted by Crippen LogP contribution is -2.24. The molecule has 1 aromatic heterocycles. The van der Waals surface area contributed by atoms with E-state index in [1.807, 2.05) is 60.7 Å². The van der Waals surface area contributed by atoms with Gasteiger partial charge in [0.15, 0.2) is 6.61 Å². The molecule has 0 aliphatic carbocycles. The number of nitrogens with zero attached hydrogens (tertiary/aromatic N) is 2. The van der Waals surface area contributed by atoms with Crippen molar-refractivity contribution >= 4 is 66.5 Å². The zero-order valence-corrected chi connectivity index (χ0v) is 21.6. The molecular formula is C25H18Br2ClN3O3. The molecule has 0 bridgehead atoms. The Bertz CT molecular complexity index is 1320. The second-order valence-corrected chi connectivity index (χ2v) is 9.29. The van der Waals surface area contributed by atoms with Crippen LogP contribution in [0.2, 0.25) is 5.02 Å². The van der Waals surface area contributed by atoms with E-state index in [0.717, 1.165) is 25.5 Å². The molecule has 6 nitrogen and oxygen atoms in total. The highest BCUT2D eigenvalue weighted by Gasteiger charge is 2.10. The van der Waals surface area contributed by atoms with Gasteiger partial charge in [0, 0.05) is 16.6 Å². The van der Waals surface area contributed by atoms with Gasteiger partial charge in [-0.25, -0.2) is 5.43 Å². The second kappa shape index (κ2) is 11.5. The summed E-state index contributed by atoms with van der Waals surface area (Å²) in [6.07, 6.45) is 3.22. The molecule has 0 radical (unpaired) electrons. The average molecular weight is 604 g/mol. The summed E-state index contributed by atoms with van der Waals surface area (Å²) in [4.78, 5) is 16.5. The van der Waals surface area contributed by atoms with Crippen LogP contribution in [0.3, 0.4) is 0 Å². The number of pyridine rings is 1. The van der Waals surface area contributed by atoms with Gasteiger partial charge < -0.3 is 9.47 Å². The van der Waals surface area contributed by atoms with E-state index in [1.54, 1.807) is 12.3 Å². The summed E-state index contributed by atoms with van der Waals surface area (Å²) in [7, 11) is 0. The monoisotopic (exact) mass is 601 g/mol. The predicted molar refractivity (Wildman–Crippen MR) is 141 cm³/mol. The maximum atomic E-state index is 12.2. The van der Waals surface area contributed by atoms with E-state index < -0.39 is 0 Å². The van der Waals surface area contributed by atoms with Crippen LogP contribution in [0.4, 0.5) is 0 Å². The van der Waals surface area contributed by atoms with Crippen molar-refractivity contribution in [1.82, 2.24) is 10.4 Å². The second-order valence-electron chi connectivity index (χ2n) is 7.14. The van der Waals surface area contributed by atoms with Crippen LogP contribution >= 0.6 is 43.5 Å². The Morgan fingerprint density at radius 2 is 1.76 bits per heavy atom. The topological polar surface area (TPSA) is 72.8 Å². The van der Waals surface area contributed by atoms with Crippen LogP contribution in [-0.2, 0) is 11.4 Å². The van der Waals surface area contributed by atoms with Gasteiger partial charge in [-0.2, -0.15) is 5.10 Å². The fourth-order valence-electron chi connectivity index (χ4n) is 3.08. The number of fused-ring (bicyclic) bond motifs is 1. The average Bonchev–Trinajstić information content (AvgIpc) is 2.83. The fourth-order valence-corrected chi connectivity index (χ4v) is 4.65. The predicted octanol–water partition coefficient (Wildman–Crippen LogP) is 6.52. The van der Waals surface area contributed by atoms with Crippen molar-refractivity contribution < 1.29 is 14.3 Å². The normalized spacial score (nSPS) is 11.0. The molecule has 1 heterocycles. The Labute approximate surface area is 218 Å². The maximum Gasteiger partial charge on any atom is 0.277 e. The quantitative estimate of drug-likeness (QED) is 0.184. The third-order valence-corrected chi connectivity index (χ3v) is 6.10. The molecule has 172 valence electrons. The number of ether oxygens (including phenoxy) is 2. The summed E-state index contributed by atoms with van der Waals surface area (Å²) in [5.41, 5.74) is 4.93. The lowest BCUT2D eigenvalue weighted by Gasteiger charge is -2.11. The lowest BCUT2D eigenvalue weighted by atomic mass is 10.2. The molecule has 3 aromatic carbocycles. The molecule has 4 rings (SSSR count). The Balaban J connectivity index is 1.32. The van der Waals surface area contributed by atoms with E-state index in [1.165, 1.54) is 6.21 Å². The van der Waals surface area contributed by atoms with Gasteiger partial charge in [-0.1, -0.05) is 41.9 Å². The summed E-state index contributed by atoms with van der Waals surface area (Å²) < 4.78 is 13.0. The van der Waals surface area contributed by atoms with Crippen molar-refractivity contribution in [2.75, 3.05) is 6.61 Å². The van der Waals surface area contributed by atoms with Gasteiger partial charge in [0.1, 0.15) is 23.6 Å². The molecule has 0 fully saturated rings. The number of amides is 1. The minimum absolute atomic E-state index is 0.183. The fraction of sp³-hybridized carbons (Fsp3) is 0.0800. The number of aromatic nitrogens is 1. The number of halogens is 3. The molecule has 0 aliphatic rings. The van der Waals surface area contributed by atoms with Gasteiger partial charge in [0.25, 0.3) is 5.91 Å². The number of rotatable bonds is 8. The SMILES string of the molecule is O=C(COc1cccc2cccnc12)N/N=C/c1cc(Br)c(OCc2ccc(Cl)cc2)c(Br)c1. The minimum Gasteiger partial charge on any atom is -0.487 e. The lowest BCUT2D eigenvalue weighted by molar-refractivity contribution is -0.123. The zero-order chi connectivity index (χ0) is 23.9. The summed E-state index contributed by atoms with van der Waals surface area (Å²) in [6.45, 7) is 0.210. The number of hydrogen-bond acceptors (Lipinski definition) is 5. The summed E-state index contributed by atoms with van der Waals surface area (Å²) in [5, 5.41) is 5.63. The van der Waals surface area contributed by atoms with E-state index >= 15 is 0 Å². The number of nitrogens with one attached hydrogen (secondary N) is 1. The summed E-state index contributed by atoms with van der Waals surface area (Å²) in [5.74, 6) is 0.817. The van der Waals surface area contributed by atoms with Crippen molar-refractivity contribution in [3.05, 3.63) is 98.0 Å². The van der Waals surface area contributed by atoms with Crippen molar-refractivity contribution in [2.45, 2.75) is 6.61 Å². The standard InChI is InChI=1S/C25H18Br2ClN3O3/c26-20-11-17(12-21(27)25(20)34-14-16-6-8-19(28)9-7-16)13-30-31-23(32)15-33-22-5-1-3-18-4-2-10-29-24(18)22/h1-13H,14-15H2,(H,31,32)/b30-13+. The highest BCUT2D eigenvalue weighted by atomic mass is 79.9. The third kappa shape index (κ3) is 6.34. The van der Waals surface area contributed by atoms with Gasteiger partial charge in [0.2, 0.25) is 0 Å². The van der Waals surface area contributed by atoms with Crippen LogP contribution in [0.15, 0.2) is 87.0 Å². The Morgan fingerprint density at radius 1 is 1.03 bits per heavy atom.